The summed E-state index contributed by atoms with van der Waals surface area (Å²) in [5, 5.41) is 0. The van der Waals surface area contributed by atoms with E-state index in [1.165, 1.54) is 5.56 Å². The highest BCUT2D eigenvalue weighted by Gasteiger charge is 2.09. The van der Waals surface area contributed by atoms with Crippen LogP contribution in [0.3, 0.4) is 0 Å². The van der Waals surface area contributed by atoms with Crippen molar-refractivity contribution in [3.8, 4) is 5.75 Å². The molecule has 0 heterocycles. The van der Waals surface area contributed by atoms with Crippen LogP contribution in [0.25, 0.3) is 0 Å². The highest BCUT2D eigenvalue weighted by molar-refractivity contribution is 5.27. The molecule has 1 atom stereocenters. The van der Waals surface area contributed by atoms with Gasteiger partial charge in [-0.25, -0.2) is 0 Å². The molecule has 1 aliphatic carbocycles. The number of hydrogen-bond acceptors (Lipinski definition) is 1. The van der Waals surface area contributed by atoms with Crippen LogP contribution in [-0.4, -0.2) is 6.10 Å². The van der Waals surface area contributed by atoms with Crippen molar-refractivity contribution >= 4 is 0 Å². The quantitative estimate of drug-likeness (QED) is 0.626. The zero-order chi connectivity index (χ0) is 9.10. The van der Waals surface area contributed by atoms with Crippen LogP contribution < -0.4 is 4.74 Å². The monoisotopic (exact) mass is 174 g/mol. The summed E-state index contributed by atoms with van der Waals surface area (Å²) in [6.07, 6.45) is 6.88. The first-order valence-electron chi connectivity index (χ1n) is 4.74. The molecule has 0 aromatic heterocycles. The molecule has 0 saturated heterocycles. The third kappa shape index (κ3) is 2.11. The predicted molar refractivity (Wildman–Crippen MR) is 54.0 cm³/mol. The lowest BCUT2D eigenvalue weighted by atomic mass is 10.2. The summed E-state index contributed by atoms with van der Waals surface area (Å²) in [5.41, 5.74) is 1.27. The van der Waals surface area contributed by atoms with Crippen LogP contribution in [0.4, 0.5) is 0 Å². The molecule has 0 fully saturated rings. The molecule has 0 aliphatic heterocycles. The third-order valence-electron chi connectivity index (χ3n) is 2.28. The van der Waals surface area contributed by atoms with Crippen molar-refractivity contribution in [3.05, 3.63) is 42.0 Å². The Morgan fingerprint density at radius 2 is 2.00 bits per heavy atom. The molecule has 1 heteroatoms. The number of allylic oxidation sites excluding steroid dienone is 1. The highest BCUT2D eigenvalue weighted by Crippen LogP contribution is 2.19. The fourth-order valence-corrected chi connectivity index (χ4v) is 1.49. The van der Waals surface area contributed by atoms with Crippen molar-refractivity contribution in [2.24, 2.45) is 0 Å². The summed E-state index contributed by atoms with van der Waals surface area (Å²) in [7, 11) is 0. The molecule has 0 amide bonds. The molecule has 1 aliphatic rings. The lowest BCUT2D eigenvalue weighted by molar-refractivity contribution is 0.249. The van der Waals surface area contributed by atoms with Gasteiger partial charge in [0.25, 0.3) is 0 Å². The van der Waals surface area contributed by atoms with Crippen LogP contribution in [0.1, 0.15) is 18.4 Å². The minimum Gasteiger partial charge on any atom is -0.486 e. The van der Waals surface area contributed by atoms with Gasteiger partial charge in [-0.15, -0.1) is 0 Å². The topological polar surface area (TPSA) is 9.23 Å². The Balaban J connectivity index is 2.01. The SMILES string of the molecule is Cc1ccc(OC2C=CCC2)cc1. The maximum atomic E-state index is 5.74. The van der Waals surface area contributed by atoms with E-state index in [-0.39, 0.29) is 0 Å². The van der Waals surface area contributed by atoms with E-state index in [4.69, 9.17) is 4.74 Å². The van der Waals surface area contributed by atoms with E-state index in [9.17, 15) is 0 Å². The van der Waals surface area contributed by atoms with E-state index in [0.717, 1.165) is 18.6 Å². The van der Waals surface area contributed by atoms with Gasteiger partial charge < -0.3 is 4.74 Å². The Bertz CT molecular complexity index is 297. The third-order valence-corrected chi connectivity index (χ3v) is 2.28. The molecule has 0 saturated carbocycles. The fraction of sp³-hybridized carbons (Fsp3) is 0.333. The Labute approximate surface area is 79.0 Å². The lowest BCUT2D eigenvalue weighted by Gasteiger charge is -2.11. The lowest BCUT2D eigenvalue weighted by Crippen LogP contribution is -2.09. The van der Waals surface area contributed by atoms with E-state index >= 15 is 0 Å². The molecule has 1 nitrogen and oxygen atoms in total. The molecule has 1 unspecified atom stereocenters. The van der Waals surface area contributed by atoms with Crippen LogP contribution in [0, 0.1) is 6.92 Å². The maximum absolute atomic E-state index is 5.74. The zero-order valence-electron chi connectivity index (χ0n) is 7.86. The van der Waals surface area contributed by atoms with Crippen molar-refractivity contribution in [1.29, 1.82) is 0 Å². The molecule has 0 bridgehead atoms. The molecular weight excluding hydrogens is 160 g/mol. The second-order valence-corrected chi connectivity index (χ2v) is 3.47. The van der Waals surface area contributed by atoms with E-state index in [0.29, 0.717) is 6.10 Å². The van der Waals surface area contributed by atoms with Crippen molar-refractivity contribution in [2.75, 3.05) is 0 Å². The van der Waals surface area contributed by atoms with Crippen LogP contribution >= 0.6 is 0 Å². The normalized spacial score (nSPS) is 20.5. The summed E-state index contributed by atoms with van der Waals surface area (Å²) in [5.74, 6) is 0.974. The smallest absolute Gasteiger partial charge is 0.120 e. The second-order valence-electron chi connectivity index (χ2n) is 3.47. The van der Waals surface area contributed by atoms with Crippen molar-refractivity contribution in [2.45, 2.75) is 25.9 Å². The average molecular weight is 174 g/mol. The number of ether oxygens (including phenoxy) is 1. The van der Waals surface area contributed by atoms with Crippen LogP contribution in [0.15, 0.2) is 36.4 Å². The van der Waals surface area contributed by atoms with Gasteiger partial charge in [-0.2, -0.15) is 0 Å². The van der Waals surface area contributed by atoms with Crippen LogP contribution in [0.2, 0.25) is 0 Å². The average Bonchev–Trinajstić information content (AvgIpc) is 2.62. The van der Waals surface area contributed by atoms with E-state index in [2.05, 4.69) is 31.2 Å². The molecule has 1 aromatic carbocycles. The standard InChI is InChI=1S/C12H14O/c1-10-6-8-12(9-7-10)13-11-4-2-3-5-11/h2,4,6-9,11H,3,5H2,1H3. The molecule has 0 spiro atoms. The molecule has 68 valence electrons. The van der Waals surface area contributed by atoms with Crippen LogP contribution in [0.5, 0.6) is 5.75 Å². The minimum atomic E-state index is 0.294. The van der Waals surface area contributed by atoms with Crippen molar-refractivity contribution in [1.82, 2.24) is 0 Å². The van der Waals surface area contributed by atoms with Gasteiger partial charge in [0.1, 0.15) is 11.9 Å². The number of hydrogen-bond donors (Lipinski definition) is 0. The summed E-state index contributed by atoms with van der Waals surface area (Å²) in [6.45, 7) is 2.08. The molecular formula is C12H14O. The largest absolute Gasteiger partial charge is 0.486 e. The number of rotatable bonds is 2. The highest BCUT2D eigenvalue weighted by atomic mass is 16.5. The Morgan fingerprint density at radius 1 is 1.23 bits per heavy atom. The Hall–Kier alpha value is -1.24. The number of benzene rings is 1. The van der Waals surface area contributed by atoms with Crippen molar-refractivity contribution in [3.63, 3.8) is 0 Å². The van der Waals surface area contributed by atoms with E-state index < -0.39 is 0 Å². The summed E-state index contributed by atoms with van der Waals surface area (Å²) in [4.78, 5) is 0. The minimum absolute atomic E-state index is 0.294. The molecule has 0 N–H and O–H groups in total. The van der Waals surface area contributed by atoms with Gasteiger partial charge in [0.2, 0.25) is 0 Å². The van der Waals surface area contributed by atoms with Gasteiger partial charge >= 0.3 is 0 Å². The molecule has 13 heavy (non-hydrogen) atoms. The first-order valence-corrected chi connectivity index (χ1v) is 4.74. The van der Waals surface area contributed by atoms with Gasteiger partial charge in [-0.1, -0.05) is 23.8 Å². The van der Waals surface area contributed by atoms with E-state index in [1.54, 1.807) is 0 Å². The van der Waals surface area contributed by atoms with Crippen molar-refractivity contribution < 1.29 is 4.74 Å². The zero-order valence-corrected chi connectivity index (χ0v) is 7.86. The summed E-state index contributed by atoms with van der Waals surface area (Å²) >= 11 is 0. The number of aryl methyl sites for hydroxylation is 1. The summed E-state index contributed by atoms with van der Waals surface area (Å²) < 4.78 is 5.74. The Morgan fingerprint density at radius 3 is 2.62 bits per heavy atom. The fourth-order valence-electron chi connectivity index (χ4n) is 1.49. The first-order chi connectivity index (χ1) is 6.34. The van der Waals surface area contributed by atoms with Gasteiger partial charge in [0.05, 0.1) is 0 Å². The molecule has 0 radical (unpaired) electrons. The predicted octanol–water partition coefficient (Wildman–Crippen LogP) is 3.09. The molecule has 2 rings (SSSR count). The van der Waals surface area contributed by atoms with Crippen LogP contribution in [-0.2, 0) is 0 Å². The molecule has 1 aromatic rings. The first kappa shape index (κ1) is 8.36. The van der Waals surface area contributed by atoms with Gasteiger partial charge in [0, 0.05) is 0 Å². The summed E-state index contributed by atoms with van der Waals surface area (Å²) in [6, 6.07) is 8.21. The van der Waals surface area contributed by atoms with Gasteiger partial charge in [-0.3, -0.25) is 0 Å². The van der Waals surface area contributed by atoms with Gasteiger partial charge in [-0.05, 0) is 38.0 Å². The second kappa shape index (κ2) is 3.65. The Kier molecular flexibility index (Phi) is 2.35. The van der Waals surface area contributed by atoms with Gasteiger partial charge in [0.15, 0.2) is 0 Å². The maximum Gasteiger partial charge on any atom is 0.120 e. The van der Waals surface area contributed by atoms with E-state index in [1.807, 2.05) is 12.1 Å².